The number of methoxy groups -OCH3 is 1. The third-order valence-corrected chi connectivity index (χ3v) is 7.46. The molecule has 1 saturated carbocycles. The minimum atomic E-state index is -1.47. The van der Waals surface area contributed by atoms with Gasteiger partial charge in [-0.25, -0.2) is 4.39 Å². The molecule has 1 unspecified atom stereocenters. The van der Waals surface area contributed by atoms with Crippen molar-refractivity contribution in [2.45, 2.75) is 97.0 Å². The molecule has 1 aromatic carbocycles. The highest BCUT2D eigenvalue weighted by Gasteiger charge is 2.53. The highest BCUT2D eigenvalue weighted by molar-refractivity contribution is 5.68. The van der Waals surface area contributed by atoms with Crippen LogP contribution < -0.4 is 9.47 Å². The maximum atomic E-state index is 15.1. The van der Waals surface area contributed by atoms with E-state index in [-0.39, 0.29) is 18.3 Å². The lowest BCUT2D eigenvalue weighted by Gasteiger charge is -2.43. The van der Waals surface area contributed by atoms with Crippen molar-refractivity contribution in [1.82, 2.24) is 9.78 Å². The van der Waals surface area contributed by atoms with Crippen molar-refractivity contribution in [3.63, 3.8) is 0 Å². The maximum absolute atomic E-state index is 15.1. The zero-order chi connectivity index (χ0) is 32.1. The first kappa shape index (κ1) is 32.7. The molecule has 0 bridgehead atoms. The second-order valence-corrected chi connectivity index (χ2v) is 10.7. The number of esters is 4. The first-order chi connectivity index (χ1) is 20.9. The van der Waals surface area contributed by atoms with Crippen LogP contribution in [0.1, 0.15) is 69.8 Å². The zero-order valence-corrected chi connectivity index (χ0v) is 25.5. The Labute approximate surface area is 253 Å². The van der Waals surface area contributed by atoms with Crippen LogP contribution >= 0.6 is 0 Å². The number of carbonyl (C=O) groups is 4. The zero-order valence-electron chi connectivity index (χ0n) is 25.5. The number of rotatable bonds is 11. The standard InChI is InChI=1S/C30H37FN2O11/c1-15-23(12-20-10-11-22(38-6)13-24(20)31)29(32-33(15)21-8-7-9-21)44-30-28(42-19(5)37)27(41-18(4)36)26(40-17(3)35)25(43-30)14-39-16(2)34/h10-11,13,21,25-28,30H,7-9,12,14H2,1-6H3/t25-,26-,27+,28-,30?/m1/s1. The Morgan fingerprint density at radius 2 is 1.59 bits per heavy atom. The third kappa shape index (κ3) is 7.65. The first-order valence-corrected chi connectivity index (χ1v) is 14.2. The molecule has 4 rings (SSSR count). The van der Waals surface area contributed by atoms with E-state index in [0.29, 0.717) is 16.9 Å². The number of aromatic nitrogens is 2. The molecule has 1 aromatic heterocycles. The average Bonchev–Trinajstić information content (AvgIpc) is 3.19. The number of hydrogen-bond donors (Lipinski definition) is 0. The summed E-state index contributed by atoms with van der Waals surface area (Å²) in [6, 6.07) is 4.64. The van der Waals surface area contributed by atoms with Crippen molar-refractivity contribution < 1.29 is 56.7 Å². The summed E-state index contributed by atoms with van der Waals surface area (Å²) in [5, 5.41) is 4.70. The summed E-state index contributed by atoms with van der Waals surface area (Å²) in [5.74, 6) is -2.97. The predicted molar refractivity (Wildman–Crippen MR) is 148 cm³/mol. The van der Waals surface area contributed by atoms with Crippen LogP contribution in [0.4, 0.5) is 4.39 Å². The van der Waals surface area contributed by atoms with Crippen LogP contribution in [0.5, 0.6) is 11.6 Å². The van der Waals surface area contributed by atoms with Gasteiger partial charge in [-0.1, -0.05) is 6.07 Å². The predicted octanol–water partition coefficient (Wildman–Crippen LogP) is 3.12. The Bertz CT molecular complexity index is 1390. The summed E-state index contributed by atoms with van der Waals surface area (Å²) in [6.07, 6.45) is -3.92. The Morgan fingerprint density at radius 1 is 0.955 bits per heavy atom. The summed E-state index contributed by atoms with van der Waals surface area (Å²) in [4.78, 5) is 48.1. The monoisotopic (exact) mass is 620 g/mol. The van der Waals surface area contributed by atoms with Crippen LogP contribution in [0.3, 0.4) is 0 Å². The fourth-order valence-electron chi connectivity index (χ4n) is 5.19. The smallest absolute Gasteiger partial charge is 0.303 e. The quantitative estimate of drug-likeness (QED) is 0.268. The van der Waals surface area contributed by atoms with Gasteiger partial charge in [-0.05, 0) is 37.8 Å². The van der Waals surface area contributed by atoms with Gasteiger partial charge >= 0.3 is 23.9 Å². The minimum absolute atomic E-state index is 0.0746. The van der Waals surface area contributed by atoms with Gasteiger partial charge in [0.2, 0.25) is 18.3 Å². The molecule has 5 atom stereocenters. The Balaban J connectivity index is 1.76. The average molecular weight is 621 g/mol. The lowest BCUT2D eigenvalue weighted by atomic mass is 9.93. The van der Waals surface area contributed by atoms with E-state index in [2.05, 4.69) is 0 Å². The SMILES string of the molecule is COc1ccc(Cc2c(OC3O[C@H](COC(C)=O)[C@@H](OC(C)=O)[C@H](OC(C)=O)[C@H]3OC(C)=O)nn(C3CCC3)c2C)c(F)c1. The van der Waals surface area contributed by atoms with Crippen LogP contribution in [0.2, 0.25) is 0 Å². The van der Waals surface area contributed by atoms with Crippen molar-refractivity contribution in [2.75, 3.05) is 13.7 Å². The van der Waals surface area contributed by atoms with Gasteiger partial charge < -0.3 is 33.2 Å². The van der Waals surface area contributed by atoms with Crippen LogP contribution in [-0.2, 0) is 49.3 Å². The molecule has 0 amide bonds. The molecule has 2 aliphatic rings. The number of benzene rings is 1. The summed E-state index contributed by atoms with van der Waals surface area (Å²) >= 11 is 0. The fraction of sp³-hybridized carbons (Fsp3) is 0.567. The second kappa shape index (κ2) is 14.1. The van der Waals surface area contributed by atoms with Gasteiger partial charge in [-0.3, -0.25) is 23.9 Å². The third-order valence-electron chi connectivity index (χ3n) is 7.46. The normalized spacial score (nSPS) is 23.2. The molecule has 1 aliphatic carbocycles. The highest BCUT2D eigenvalue weighted by atomic mass is 19.1. The number of ether oxygens (including phenoxy) is 7. The second-order valence-electron chi connectivity index (χ2n) is 10.7. The van der Waals surface area contributed by atoms with E-state index in [1.807, 2.05) is 11.6 Å². The molecule has 240 valence electrons. The molecule has 1 aliphatic heterocycles. The van der Waals surface area contributed by atoms with Crippen molar-refractivity contribution >= 4 is 23.9 Å². The van der Waals surface area contributed by atoms with Gasteiger partial charge in [0.1, 0.15) is 24.3 Å². The Hall–Kier alpha value is -4.20. The molecule has 0 N–H and O–H groups in total. The molecule has 2 aromatic rings. The topological polar surface area (TPSA) is 151 Å². The van der Waals surface area contributed by atoms with Crippen molar-refractivity contribution in [3.8, 4) is 11.6 Å². The fourth-order valence-corrected chi connectivity index (χ4v) is 5.19. The van der Waals surface area contributed by atoms with E-state index in [0.717, 1.165) is 45.7 Å². The molecule has 0 spiro atoms. The van der Waals surface area contributed by atoms with Crippen molar-refractivity contribution in [2.24, 2.45) is 0 Å². The van der Waals surface area contributed by atoms with Crippen LogP contribution in [0.15, 0.2) is 18.2 Å². The van der Waals surface area contributed by atoms with Gasteiger partial charge in [0, 0.05) is 51.4 Å². The van der Waals surface area contributed by atoms with E-state index in [9.17, 15) is 19.2 Å². The van der Waals surface area contributed by atoms with Gasteiger partial charge in [-0.15, -0.1) is 5.10 Å². The Kier molecular flexibility index (Phi) is 10.4. The molecule has 14 heteroatoms. The molecule has 44 heavy (non-hydrogen) atoms. The highest BCUT2D eigenvalue weighted by Crippen LogP contribution is 2.38. The molecular weight excluding hydrogens is 583 g/mol. The van der Waals surface area contributed by atoms with Crippen molar-refractivity contribution in [3.05, 3.63) is 40.8 Å². The number of hydrogen-bond acceptors (Lipinski definition) is 12. The molecule has 0 radical (unpaired) electrons. The molecule has 13 nitrogen and oxygen atoms in total. The minimum Gasteiger partial charge on any atom is -0.497 e. The maximum Gasteiger partial charge on any atom is 0.303 e. The lowest BCUT2D eigenvalue weighted by molar-refractivity contribution is -0.289. The van der Waals surface area contributed by atoms with E-state index in [1.165, 1.54) is 20.1 Å². The largest absolute Gasteiger partial charge is 0.497 e. The van der Waals surface area contributed by atoms with Crippen molar-refractivity contribution in [1.29, 1.82) is 0 Å². The van der Waals surface area contributed by atoms with Crippen LogP contribution in [0, 0.1) is 12.7 Å². The van der Waals surface area contributed by atoms with E-state index >= 15 is 4.39 Å². The summed E-state index contributed by atoms with van der Waals surface area (Å²) in [7, 11) is 1.45. The number of carbonyl (C=O) groups excluding carboxylic acids is 4. The Morgan fingerprint density at radius 3 is 2.14 bits per heavy atom. The van der Waals surface area contributed by atoms with Crippen LogP contribution in [-0.4, -0.2) is 78.1 Å². The molecule has 1 saturated heterocycles. The summed E-state index contributed by atoms with van der Waals surface area (Å²) in [5.41, 5.74) is 1.65. The van der Waals surface area contributed by atoms with E-state index in [1.54, 1.807) is 12.1 Å². The summed E-state index contributed by atoms with van der Waals surface area (Å²) in [6.45, 7) is 6.04. The van der Waals surface area contributed by atoms with Gasteiger partial charge in [-0.2, -0.15) is 0 Å². The van der Waals surface area contributed by atoms with Gasteiger partial charge in [0.25, 0.3) is 0 Å². The summed E-state index contributed by atoms with van der Waals surface area (Å²) < 4.78 is 56.0. The lowest BCUT2D eigenvalue weighted by Crippen LogP contribution is -2.63. The number of halogens is 1. The molecule has 2 fully saturated rings. The first-order valence-electron chi connectivity index (χ1n) is 14.2. The molecule has 2 heterocycles. The van der Waals surface area contributed by atoms with Gasteiger partial charge in [0.15, 0.2) is 12.2 Å². The van der Waals surface area contributed by atoms with Gasteiger partial charge in [0.05, 0.1) is 13.2 Å². The number of nitrogens with zero attached hydrogens (tertiary/aromatic N) is 2. The van der Waals surface area contributed by atoms with Crippen LogP contribution in [0.25, 0.3) is 0 Å². The molecular formula is C30H37FN2O11. The van der Waals surface area contributed by atoms with E-state index in [4.69, 9.17) is 38.3 Å². The van der Waals surface area contributed by atoms with E-state index < -0.39 is 67.0 Å².